The zero-order chi connectivity index (χ0) is 16.4. The predicted octanol–water partition coefficient (Wildman–Crippen LogP) is 2.82. The lowest BCUT2D eigenvalue weighted by Crippen LogP contribution is -2.18. The molecule has 0 saturated heterocycles. The summed E-state index contributed by atoms with van der Waals surface area (Å²) in [7, 11) is 0.602. The van der Waals surface area contributed by atoms with Crippen LogP contribution < -0.4 is 9.47 Å². The summed E-state index contributed by atoms with van der Waals surface area (Å²) in [5.74, 6) is -1.79. The highest BCUT2D eigenvalue weighted by atomic mass is 35.7. The number of ether oxygens (including phenoxy) is 2. The molecule has 0 aliphatic carbocycles. The van der Waals surface area contributed by atoms with Gasteiger partial charge in [0.2, 0.25) is 5.75 Å². The summed E-state index contributed by atoms with van der Waals surface area (Å²) in [5.41, 5.74) is -1.21. The minimum atomic E-state index is -5.20. The molecule has 0 aliphatic rings. The maximum atomic E-state index is 12.2. The lowest BCUT2D eigenvalue weighted by atomic mass is 10.2. The van der Waals surface area contributed by atoms with Gasteiger partial charge in [0.15, 0.2) is 0 Å². The Bertz CT molecular complexity index is 660. The minimum absolute atomic E-state index is 0.108. The number of hydrogen-bond donors (Lipinski definition) is 0. The van der Waals surface area contributed by atoms with E-state index in [0.717, 1.165) is 0 Å². The molecular formula is C9H7ClF3NO6S. The van der Waals surface area contributed by atoms with E-state index in [9.17, 15) is 31.7 Å². The van der Waals surface area contributed by atoms with Gasteiger partial charge in [0.1, 0.15) is 10.6 Å². The Morgan fingerprint density at radius 2 is 1.90 bits per heavy atom. The van der Waals surface area contributed by atoms with Crippen LogP contribution in [-0.2, 0) is 9.05 Å². The molecule has 0 heterocycles. The molecule has 1 aromatic carbocycles. The molecule has 7 nitrogen and oxygen atoms in total. The molecule has 0 aliphatic heterocycles. The number of alkyl halides is 3. The van der Waals surface area contributed by atoms with Crippen LogP contribution in [0.15, 0.2) is 17.0 Å². The van der Waals surface area contributed by atoms with Crippen molar-refractivity contribution in [3.05, 3.63) is 22.2 Å². The fraction of sp³-hybridized carbons (Fsp3) is 0.333. The molecule has 0 saturated carbocycles. The van der Waals surface area contributed by atoms with Crippen molar-refractivity contribution in [3.8, 4) is 11.5 Å². The molecule has 118 valence electrons. The van der Waals surface area contributed by atoms with Crippen LogP contribution >= 0.6 is 10.7 Å². The predicted molar refractivity (Wildman–Crippen MR) is 64.0 cm³/mol. The molecule has 0 radical (unpaired) electrons. The van der Waals surface area contributed by atoms with Crippen molar-refractivity contribution in [2.45, 2.75) is 18.2 Å². The van der Waals surface area contributed by atoms with Crippen LogP contribution in [0.1, 0.15) is 6.92 Å². The average Bonchev–Trinajstić information content (AvgIpc) is 2.25. The molecular weight excluding hydrogens is 343 g/mol. The van der Waals surface area contributed by atoms with Gasteiger partial charge in [-0.25, -0.2) is 8.42 Å². The average molecular weight is 350 g/mol. The highest BCUT2D eigenvalue weighted by Gasteiger charge is 2.36. The molecule has 21 heavy (non-hydrogen) atoms. The van der Waals surface area contributed by atoms with E-state index in [1.54, 1.807) is 0 Å². The van der Waals surface area contributed by atoms with Crippen LogP contribution in [0.3, 0.4) is 0 Å². The van der Waals surface area contributed by atoms with E-state index in [1.165, 1.54) is 6.92 Å². The number of nitrogens with zero attached hydrogens (tertiary/aromatic N) is 1. The van der Waals surface area contributed by atoms with Gasteiger partial charge in [-0.1, -0.05) is 0 Å². The van der Waals surface area contributed by atoms with E-state index >= 15 is 0 Å². The van der Waals surface area contributed by atoms with Crippen molar-refractivity contribution in [3.63, 3.8) is 0 Å². The van der Waals surface area contributed by atoms with E-state index in [4.69, 9.17) is 15.4 Å². The SMILES string of the molecule is CCOc1cc(OC(F)(F)F)c([N+](=O)[O-])cc1S(=O)(=O)Cl. The Kier molecular flexibility index (Phi) is 4.89. The first kappa shape index (κ1) is 17.3. The topological polar surface area (TPSA) is 95.7 Å². The molecule has 12 heteroatoms. The number of nitro groups is 1. The van der Waals surface area contributed by atoms with Gasteiger partial charge < -0.3 is 9.47 Å². The largest absolute Gasteiger partial charge is 0.573 e. The fourth-order valence-electron chi connectivity index (χ4n) is 1.34. The summed E-state index contributed by atoms with van der Waals surface area (Å²) in [6.45, 7) is 1.32. The van der Waals surface area contributed by atoms with Crippen molar-refractivity contribution in [1.82, 2.24) is 0 Å². The van der Waals surface area contributed by atoms with E-state index in [2.05, 4.69) is 4.74 Å². The lowest BCUT2D eigenvalue weighted by molar-refractivity contribution is -0.388. The van der Waals surface area contributed by atoms with Gasteiger partial charge in [0, 0.05) is 22.8 Å². The number of rotatable bonds is 5. The number of benzene rings is 1. The maximum absolute atomic E-state index is 12.2. The zero-order valence-corrected chi connectivity index (χ0v) is 11.8. The monoisotopic (exact) mass is 349 g/mol. The Hall–Kier alpha value is -1.75. The summed E-state index contributed by atoms with van der Waals surface area (Å²) in [6, 6.07) is 0.790. The van der Waals surface area contributed by atoms with Crippen molar-refractivity contribution in [2.75, 3.05) is 6.61 Å². The summed E-state index contributed by atoms with van der Waals surface area (Å²) >= 11 is 0. The number of nitro benzene ring substituents is 1. The van der Waals surface area contributed by atoms with Crippen LogP contribution in [0.25, 0.3) is 0 Å². The van der Waals surface area contributed by atoms with Crippen molar-refractivity contribution < 1.29 is 36.0 Å². The summed E-state index contributed by atoms with van der Waals surface area (Å²) in [6.07, 6.45) is -5.20. The molecule has 1 rings (SSSR count). The molecule has 0 spiro atoms. The summed E-state index contributed by atoms with van der Waals surface area (Å²) in [4.78, 5) is 8.68. The van der Waals surface area contributed by atoms with Gasteiger partial charge in [0.25, 0.3) is 9.05 Å². The summed E-state index contributed by atoms with van der Waals surface area (Å²) in [5, 5.41) is 10.7. The normalized spacial score (nSPS) is 12.0. The smallest absolute Gasteiger partial charge is 0.492 e. The molecule has 0 bridgehead atoms. The molecule has 0 atom stereocenters. The van der Waals surface area contributed by atoms with Crippen LogP contribution in [0, 0.1) is 10.1 Å². The fourth-order valence-corrected chi connectivity index (χ4v) is 2.31. The lowest BCUT2D eigenvalue weighted by Gasteiger charge is -2.13. The second-order valence-corrected chi connectivity index (χ2v) is 5.98. The van der Waals surface area contributed by atoms with Crippen LogP contribution in [0.4, 0.5) is 18.9 Å². The van der Waals surface area contributed by atoms with Gasteiger partial charge in [-0.05, 0) is 6.92 Å². The molecule has 0 fully saturated rings. The van der Waals surface area contributed by atoms with Crippen molar-refractivity contribution >= 4 is 25.4 Å². The van der Waals surface area contributed by atoms with Crippen LogP contribution in [0.5, 0.6) is 11.5 Å². The first-order chi connectivity index (χ1) is 9.45. The Balaban J connectivity index is 3.58. The van der Waals surface area contributed by atoms with Gasteiger partial charge in [-0.3, -0.25) is 10.1 Å². The second kappa shape index (κ2) is 5.93. The van der Waals surface area contributed by atoms with E-state index in [-0.39, 0.29) is 6.61 Å². The van der Waals surface area contributed by atoms with Gasteiger partial charge in [-0.2, -0.15) is 0 Å². The van der Waals surface area contributed by atoms with Crippen molar-refractivity contribution in [1.29, 1.82) is 0 Å². The third kappa shape index (κ3) is 4.63. The first-order valence-corrected chi connectivity index (χ1v) is 7.42. The first-order valence-electron chi connectivity index (χ1n) is 5.11. The molecule has 0 aromatic heterocycles. The molecule has 0 N–H and O–H groups in total. The van der Waals surface area contributed by atoms with E-state index in [1.807, 2.05) is 0 Å². The minimum Gasteiger partial charge on any atom is -0.492 e. The molecule has 0 amide bonds. The molecule has 0 unspecified atom stereocenters. The van der Waals surface area contributed by atoms with E-state index in [0.29, 0.717) is 12.1 Å². The Morgan fingerprint density at radius 1 is 1.33 bits per heavy atom. The highest BCUT2D eigenvalue weighted by Crippen LogP contribution is 2.40. The van der Waals surface area contributed by atoms with Gasteiger partial charge >= 0.3 is 12.0 Å². The second-order valence-electron chi connectivity index (χ2n) is 3.44. The number of hydrogen-bond acceptors (Lipinski definition) is 6. The Labute approximate surface area is 120 Å². The maximum Gasteiger partial charge on any atom is 0.573 e. The standard InChI is InChI=1S/C9H7ClF3NO6S/c1-2-19-7-4-6(20-9(11,12)13)5(14(15)16)3-8(7)21(10,17)18/h3-4H,2H2,1H3. The van der Waals surface area contributed by atoms with Gasteiger partial charge in [0.05, 0.1) is 11.5 Å². The third-order valence-electron chi connectivity index (χ3n) is 2.01. The molecule has 1 aromatic rings. The highest BCUT2D eigenvalue weighted by molar-refractivity contribution is 8.13. The number of halogens is 4. The quantitative estimate of drug-likeness (QED) is 0.461. The third-order valence-corrected chi connectivity index (χ3v) is 3.35. The summed E-state index contributed by atoms with van der Waals surface area (Å²) < 4.78 is 67.5. The zero-order valence-electron chi connectivity index (χ0n) is 10.2. The van der Waals surface area contributed by atoms with Crippen molar-refractivity contribution in [2.24, 2.45) is 0 Å². The van der Waals surface area contributed by atoms with Crippen LogP contribution in [-0.4, -0.2) is 26.3 Å². The van der Waals surface area contributed by atoms with Crippen LogP contribution in [0.2, 0.25) is 0 Å². The van der Waals surface area contributed by atoms with E-state index < -0.39 is 42.4 Å². The Morgan fingerprint density at radius 3 is 2.29 bits per heavy atom. The van der Waals surface area contributed by atoms with Gasteiger partial charge in [-0.15, -0.1) is 13.2 Å².